The number of ether oxygens (including phenoxy) is 1. The number of fused-ring (bicyclic) bond motifs is 1. The summed E-state index contributed by atoms with van der Waals surface area (Å²) in [6, 6.07) is 17.3. The fourth-order valence-electron chi connectivity index (χ4n) is 2.63. The zero-order valence-corrected chi connectivity index (χ0v) is 12.1. The fraction of sp³-hybridized carbons (Fsp3) is 0.167. The van der Waals surface area contributed by atoms with Crippen LogP contribution in [-0.2, 0) is 0 Å². The second-order valence-corrected chi connectivity index (χ2v) is 5.01. The second-order valence-electron chi connectivity index (χ2n) is 5.01. The Hall–Kier alpha value is -2.39. The number of nitrogens with zero attached hydrogens (tertiary/aromatic N) is 1. The molecule has 3 heteroatoms. The molecule has 21 heavy (non-hydrogen) atoms. The molecule has 0 saturated carbocycles. The van der Waals surface area contributed by atoms with Gasteiger partial charge in [-0.3, -0.25) is 4.98 Å². The van der Waals surface area contributed by atoms with Crippen LogP contribution in [0.4, 0.5) is 0 Å². The van der Waals surface area contributed by atoms with Gasteiger partial charge in [0.2, 0.25) is 0 Å². The van der Waals surface area contributed by atoms with Crippen LogP contribution in [0.2, 0.25) is 0 Å². The summed E-state index contributed by atoms with van der Waals surface area (Å²) in [5.41, 5.74) is 3.39. The largest absolute Gasteiger partial charge is 0.496 e. The standard InChI is InChI=1S/C18H17NO2/c1-12-11-15(13-7-3-5-9-16(13)19-12)18(20)14-8-4-6-10-17(14)21-2/h3-11,18,20H,1-2H3. The zero-order valence-electron chi connectivity index (χ0n) is 12.1. The van der Waals surface area contributed by atoms with Crippen molar-refractivity contribution < 1.29 is 9.84 Å². The van der Waals surface area contributed by atoms with E-state index in [1.54, 1.807) is 7.11 Å². The van der Waals surface area contributed by atoms with Gasteiger partial charge in [0.25, 0.3) is 0 Å². The van der Waals surface area contributed by atoms with Crippen molar-refractivity contribution in [2.45, 2.75) is 13.0 Å². The first kappa shape index (κ1) is 13.6. The molecule has 0 saturated heterocycles. The van der Waals surface area contributed by atoms with Gasteiger partial charge in [0.05, 0.1) is 12.6 Å². The molecule has 0 aliphatic carbocycles. The minimum absolute atomic E-state index is 0.684. The number of methoxy groups -OCH3 is 1. The Kier molecular flexibility index (Phi) is 3.59. The second kappa shape index (κ2) is 5.54. The van der Waals surface area contributed by atoms with Crippen molar-refractivity contribution in [1.82, 2.24) is 4.98 Å². The summed E-state index contributed by atoms with van der Waals surface area (Å²) >= 11 is 0. The molecule has 0 amide bonds. The van der Waals surface area contributed by atoms with Crippen molar-refractivity contribution in [2.75, 3.05) is 7.11 Å². The van der Waals surface area contributed by atoms with Gasteiger partial charge in [-0.2, -0.15) is 0 Å². The normalized spacial score (nSPS) is 12.3. The Labute approximate surface area is 123 Å². The van der Waals surface area contributed by atoms with Crippen molar-refractivity contribution in [3.63, 3.8) is 0 Å². The van der Waals surface area contributed by atoms with Crippen LogP contribution in [0.5, 0.6) is 5.75 Å². The van der Waals surface area contributed by atoms with E-state index < -0.39 is 6.10 Å². The van der Waals surface area contributed by atoms with Crippen molar-refractivity contribution in [3.8, 4) is 5.75 Å². The molecule has 1 aromatic heterocycles. The summed E-state index contributed by atoms with van der Waals surface area (Å²) < 4.78 is 5.35. The molecule has 0 fully saturated rings. The third-order valence-electron chi connectivity index (χ3n) is 3.60. The van der Waals surface area contributed by atoms with Gasteiger partial charge >= 0.3 is 0 Å². The number of benzene rings is 2. The summed E-state index contributed by atoms with van der Waals surface area (Å²) in [5.74, 6) is 0.684. The Morgan fingerprint density at radius 1 is 1.00 bits per heavy atom. The Morgan fingerprint density at radius 2 is 1.71 bits per heavy atom. The highest BCUT2D eigenvalue weighted by Gasteiger charge is 2.18. The number of hydrogen-bond acceptors (Lipinski definition) is 3. The van der Waals surface area contributed by atoms with Gasteiger partial charge in [0, 0.05) is 16.6 Å². The Bertz CT molecular complexity index is 783. The lowest BCUT2D eigenvalue weighted by Crippen LogP contribution is -2.04. The van der Waals surface area contributed by atoms with E-state index in [1.807, 2.05) is 61.5 Å². The van der Waals surface area contributed by atoms with Gasteiger partial charge in [-0.05, 0) is 30.7 Å². The third kappa shape index (κ3) is 2.48. The highest BCUT2D eigenvalue weighted by Crippen LogP contribution is 2.33. The maximum Gasteiger partial charge on any atom is 0.125 e. The highest BCUT2D eigenvalue weighted by atomic mass is 16.5. The van der Waals surface area contributed by atoms with E-state index in [0.29, 0.717) is 5.75 Å². The van der Waals surface area contributed by atoms with Crippen molar-refractivity contribution >= 4 is 10.9 Å². The van der Waals surface area contributed by atoms with Gasteiger partial charge in [-0.25, -0.2) is 0 Å². The van der Waals surface area contributed by atoms with Gasteiger partial charge in [0.1, 0.15) is 11.9 Å². The van der Waals surface area contributed by atoms with E-state index in [2.05, 4.69) is 4.98 Å². The molecule has 0 aliphatic rings. The summed E-state index contributed by atoms with van der Waals surface area (Å²) in [5, 5.41) is 11.8. The number of rotatable bonds is 3. The fourth-order valence-corrected chi connectivity index (χ4v) is 2.63. The van der Waals surface area contributed by atoms with E-state index >= 15 is 0 Å². The van der Waals surface area contributed by atoms with E-state index in [9.17, 15) is 5.11 Å². The molecule has 0 spiro atoms. The summed E-state index contributed by atoms with van der Waals surface area (Å²) in [6.07, 6.45) is -0.743. The summed E-state index contributed by atoms with van der Waals surface area (Å²) in [4.78, 5) is 4.51. The topological polar surface area (TPSA) is 42.4 Å². The van der Waals surface area contributed by atoms with E-state index in [4.69, 9.17) is 4.74 Å². The molecule has 3 rings (SSSR count). The first-order chi connectivity index (χ1) is 10.2. The predicted molar refractivity (Wildman–Crippen MR) is 83.5 cm³/mol. The van der Waals surface area contributed by atoms with E-state index in [0.717, 1.165) is 27.7 Å². The molecular formula is C18H17NO2. The van der Waals surface area contributed by atoms with Crippen LogP contribution in [0, 0.1) is 6.92 Å². The lowest BCUT2D eigenvalue weighted by atomic mass is 9.96. The Morgan fingerprint density at radius 3 is 2.52 bits per heavy atom. The number of pyridine rings is 1. The maximum absolute atomic E-state index is 10.8. The van der Waals surface area contributed by atoms with Crippen LogP contribution >= 0.6 is 0 Å². The highest BCUT2D eigenvalue weighted by molar-refractivity contribution is 5.83. The molecule has 2 aromatic carbocycles. The third-order valence-corrected chi connectivity index (χ3v) is 3.60. The van der Waals surface area contributed by atoms with Gasteiger partial charge in [0.15, 0.2) is 0 Å². The molecule has 1 N–H and O–H groups in total. The molecule has 3 aromatic rings. The summed E-state index contributed by atoms with van der Waals surface area (Å²) in [7, 11) is 1.61. The average molecular weight is 279 g/mol. The lowest BCUT2D eigenvalue weighted by molar-refractivity contribution is 0.216. The zero-order chi connectivity index (χ0) is 14.8. The smallest absolute Gasteiger partial charge is 0.125 e. The number of aryl methyl sites for hydroxylation is 1. The number of aromatic nitrogens is 1. The van der Waals surface area contributed by atoms with Crippen LogP contribution in [-0.4, -0.2) is 17.2 Å². The number of aliphatic hydroxyl groups excluding tert-OH is 1. The molecular weight excluding hydrogens is 262 g/mol. The number of aliphatic hydroxyl groups is 1. The van der Waals surface area contributed by atoms with Crippen molar-refractivity contribution in [2.24, 2.45) is 0 Å². The quantitative estimate of drug-likeness (QED) is 0.796. The van der Waals surface area contributed by atoms with Gasteiger partial charge in [-0.1, -0.05) is 36.4 Å². The monoisotopic (exact) mass is 279 g/mol. The first-order valence-corrected chi connectivity index (χ1v) is 6.88. The Balaban J connectivity index is 2.20. The predicted octanol–water partition coefficient (Wildman–Crippen LogP) is 3.63. The van der Waals surface area contributed by atoms with E-state index in [1.165, 1.54) is 0 Å². The molecule has 0 aliphatic heterocycles. The SMILES string of the molecule is COc1ccccc1C(O)c1cc(C)nc2ccccc12. The minimum Gasteiger partial charge on any atom is -0.496 e. The molecule has 0 bridgehead atoms. The van der Waals surface area contributed by atoms with Crippen molar-refractivity contribution in [1.29, 1.82) is 0 Å². The first-order valence-electron chi connectivity index (χ1n) is 6.88. The lowest BCUT2D eigenvalue weighted by Gasteiger charge is -2.17. The molecule has 3 nitrogen and oxygen atoms in total. The maximum atomic E-state index is 10.8. The van der Waals surface area contributed by atoms with Crippen molar-refractivity contribution in [3.05, 3.63) is 71.4 Å². The molecule has 0 radical (unpaired) electrons. The molecule has 1 heterocycles. The van der Waals surface area contributed by atoms with Crippen LogP contribution in [0.1, 0.15) is 22.9 Å². The van der Waals surface area contributed by atoms with E-state index in [-0.39, 0.29) is 0 Å². The number of hydrogen-bond donors (Lipinski definition) is 1. The molecule has 1 unspecified atom stereocenters. The van der Waals surface area contributed by atoms with Gasteiger partial charge < -0.3 is 9.84 Å². The summed E-state index contributed by atoms with van der Waals surface area (Å²) in [6.45, 7) is 1.94. The minimum atomic E-state index is -0.743. The number of para-hydroxylation sites is 2. The molecule has 1 atom stereocenters. The van der Waals surface area contributed by atoms with Crippen LogP contribution < -0.4 is 4.74 Å². The van der Waals surface area contributed by atoms with Crippen LogP contribution in [0.3, 0.4) is 0 Å². The van der Waals surface area contributed by atoms with Crippen LogP contribution in [0.25, 0.3) is 10.9 Å². The molecule has 106 valence electrons. The van der Waals surface area contributed by atoms with Gasteiger partial charge in [-0.15, -0.1) is 0 Å². The van der Waals surface area contributed by atoms with Crippen LogP contribution in [0.15, 0.2) is 54.6 Å². The average Bonchev–Trinajstić information content (AvgIpc) is 2.53.